The lowest BCUT2D eigenvalue weighted by molar-refractivity contribution is -0.129. The molecule has 0 saturated heterocycles. The maximum atomic E-state index is 12.3. The number of rotatable bonds is 3. The largest absolute Gasteiger partial charge is 0.457 e. The van der Waals surface area contributed by atoms with E-state index in [9.17, 15) is 4.79 Å². The number of esters is 1. The summed E-state index contributed by atoms with van der Waals surface area (Å²) >= 11 is 12.2. The van der Waals surface area contributed by atoms with Gasteiger partial charge < -0.3 is 9.15 Å². The summed E-state index contributed by atoms with van der Waals surface area (Å²) in [6.45, 7) is 0. The van der Waals surface area contributed by atoms with Crippen molar-refractivity contribution in [3.8, 4) is 11.3 Å². The number of ether oxygens (including phenoxy) is 1. The average Bonchev–Trinajstić information content (AvgIpc) is 3.35. The van der Waals surface area contributed by atoms with Gasteiger partial charge in [-0.2, -0.15) is 0 Å². The summed E-state index contributed by atoms with van der Waals surface area (Å²) in [5, 5.41) is 3.17. The second kappa shape index (κ2) is 7.48. The number of carbonyl (C=O) groups is 1. The van der Waals surface area contributed by atoms with E-state index in [2.05, 4.69) is 4.99 Å². The molecule has 0 atom stereocenters. The zero-order valence-electron chi connectivity index (χ0n) is 15.4. The summed E-state index contributed by atoms with van der Waals surface area (Å²) in [5.74, 6) is 0.769. The minimum atomic E-state index is -0.527. The van der Waals surface area contributed by atoms with Crippen LogP contribution in [0.4, 0.5) is 0 Å². The van der Waals surface area contributed by atoms with Crippen LogP contribution in [0.2, 0.25) is 10.0 Å². The molecule has 30 heavy (non-hydrogen) atoms. The molecule has 5 rings (SSSR count). The van der Waals surface area contributed by atoms with E-state index >= 15 is 0 Å². The van der Waals surface area contributed by atoms with E-state index in [1.807, 2.05) is 42.5 Å². The van der Waals surface area contributed by atoms with Gasteiger partial charge in [0.15, 0.2) is 5.70 Å². The van der Waals surface area contributed by atoms with Gasteiger partial charge in [0, 0.05) is 22.2 Å². The van der Waals surface area contributed by atoms with E-state index in [1.165, 1.54) is 0 Å². The van der Waals surface area contributed by atoms with Crippen molar-refractivity contribution in [1.29, 1.82) is 0 Å². The molecule has 0 radical (unpaired) electrons. The van der Waals surface area contributed by atoms with Gasteiger partial charge in [-0.25, -0.2) is 9.79 Å². The first kappa shape index (κ1) is 18.7. The number of halogens is 2. The van der Waals surface area contributed by atoms with Crippen molar-refractivity contribution >= 4 is 51.9 Å². The highest BCUT2D eigenvalue weighted by Crippen LogP contribution is 2.32. The second-order valence-corrected chi connectivity index (χ2v) is 7.57. The van der Waals surface area contributed by atoms with Gasteiger partial charge >= 0.3 is 5.97 Å². The molecule has 6 heteroatoms. The van der Waals surface area contributed by atoms with Gasteiger partial charge in [0.25, 0.3) is 0 Å². The summed E-state index contributed by atoms with van der Waals surface area (Å²) in [6, 6.07) is 22.4. The third-order valence-electron chi connectivity index (χ3n) is 4.72. The number of hydrogen-bond acceptors (Lipinski definition) is 4. The van der Waals surface area contributed by atoms with Gasteiger partial charge in [0.2, 0.25) is 5.90 Å². The molecule has 0 aliphatic carbocycles. The summed E-state index contributed by atoms with van der Waals surface area (Å²) in [4.78, 5) is 16.7. The maximum absolute atomic E-state index is 12.3. The minimum absolute atomic E-state index is 0.168. The molecule has 1 aromatic heterocycles. The number of cyclic esters (lactones) is 1. The molecule has 0 fully saturated rings. The molecule has 0 saturated carbocycles. The highest BCUT2D eigenvalue weighted by Gasteiger charge is 2.25. The van der Waals surface area contributed by atoms with Crippen LogP contribution in [0.5, 0.6) is 0 Å². The van der Waals surface area contributed by atoms with Crippen LogP contribution >= 0.6 is 23.2 Å². The van der Waals surface area contributed by atoms with Crippen LogP contribution in [0.1, 0.15) is 11.3 Å². The molecule has 0 amide bonds. The number of carbonyl (C=O) groups excluding carboxylic acids is 1. The lowest BCUT2D eigenvalue weighted by Crippen LogP contribution is -2.05. The van der Waals surface area contributed by atoms with Gasteiger partial charge in [-0.05, 0) is 53.2 Å². The molecule has 0 N–H and O–H groups in total. The average molecular weight is 434 g/mol. The normalized spacial score (nSPS) is 14.9. The van der Waals surface area contributed by atoms with Crippen molar-refractivity contribution in [2.75, 3.05) is 0 Å². The van der Waals surface area contributed by atoms with Crippen molar-refractivity contribution in [3.63, 3.8) is 0 Å². The van der Waals surface area contributed by atoms with Crippen molar-refractivity contribution in [2.24, 2.45) is 4.99 Å². The highest BCUT2D eigenvalue weighted by molar-refractivity contribution is 6.36. The molecule has 1 aliphatic rings. The fourth-order valence-electron chi connectivity index (χ4n) is 3.25. The van der Waals surface area contributed by atoms with E-state index in [0.717, 1.165) is 16.3 Å². The van der Waals surface area contributed by atoms with Crippen LogP contribution in [0.3, 0.4) is 0 Å². The first-order chi connectivity index (χ1) is 14.6. The fourth-order valence-corrected chi connectivity index (χ4v) is 3.76. The molecule has 4 aromatic rings. The Bertz CT molecular complexity index is 1370. The lowest BCUT2D eigenvalue weighted by Gasteiger charge is -2.02. The Morgan fingerprint density at radius 3 is 2.53 bits per heavy atom. The standard InChI is InChI=1S/C24H13Cl2NO3/c25-17-7-9-19(20(26)12-17)22-10-8-18(29-22)13-21-24(28)30-23(27-21)16-6-5-14-3-1-2-4-15(14)11-16/h1-13H/b21-13-. The topological polar surface area (TPSA) is 51.8 Å². The van der Waals surface area contributed by atoms with E-state index in [4.69, 9.17) is 32.4 Å². The maximum Gasteiger partial charge on any atom is 0.363 e. The second-order valence-electron chi connectivity index (χ2n) is 6.72. The van der Waals surface area contributed by atoms with Gasteiger partial charge in [0.05, 0.1) is 5.02 Å². The van der Waals surface area contributed by atoms with Crippen LogP contribution in [0.25, 0.3) is 28.2 Å². The number of nitrogens with zero attached hydrogens (tertiary/aromatic N) is 1. The molecule has 0 unspecified atom stereocenters. The molecule has 2 heterocycles. The van der Waals surface area contributed by atoms with Crippen molar-refractivity contribution in [1.82, 2.24) is 0 Å². The molecule has 1 aliphatic heterocycles. The van der Waals surface area contributed by atoms with Crippen LogP contribution < -0.4 is 0 Å². The molecule has 3 aromatic carbocycles. The predicted molar refractivity (Wildman–Crippen MR) is 119 cm³/mol. The Balaban J connectivity index is 1.46. The third kappa shape index (κ3) is 3.52. The van der Waals surface area contributed by atoms with E-state index in [1.54, 1.807) is 36.4 Å². The third-order valence-corrected chi connectivity index (χ3v) is 5.27. The van der Waals surface area contributed by atoms with Crippen molar-refractivity contribution in [3.05, 3.63) is 99.9 Å². The summed E-state index contributed by atoms with van der Waals surface area (Å²) in [7, 11) is 0. The molecular weight excluding hydrogens is 421 g/mol. The van der Waals surface area contributed by atoms with Crippen LogP contribution in [-0.4, -0.2) is 11.9 Å². The van der Waals surface area contributed by atoms with Gasteiger partial charge in [-0.1, -0.05) is 53.5 Å². The van der Waals surface area contributed by atoms with Crippen LogP contribution in [-0.2, 0) is 9.53 Å². The zero-order valence-corrected chi connectivity index (χ0v) is 16.9. The molecule has 146 valence electrons. The smallest absolute Gasteiger partial charge is 0.363 e. The summed E-state index contributed by atoms with van der Waals surface area (Å²) in [5.41, 5.74) is 1.61. The Labute approximate surface area is 182 Å². The van der Waals surface area contributed by atoms with Gasteiger partial charge in [0.1, 0.15) is 11.5 Å². The minimum Gasteiger partial charge on any atom is -0.457 e. The number of aliphatic imine (C=N–C) groups is 1. The lowest BCUT2D eigenvalue weighted by atomic mass is 10.1. The van der Waals surface area contributed by atoms with Crippen molar-refractivity contribution in [2.45, 2.75) is 0 Å². The Morgan fingerprint density at radius 2 is 1.70 bits per heavy atom. The molecule has 0 spiro atoms. The summed E-state index contributed by atoms with van der Waals surface area (Å²) in [6.07, 6.45) is 1.55. The zero-order chi connectivity index (χ0) is 20.7. The number of furan rings is 1. The Kier molecular flexibility index (Phi) is 4.66. The predicted octanol–water partition coefficient (Wildman–Crippen LogP) is 6.75. The van der Waals surface area contributed by atoms with Crippen molar-refractivity contribution < 1.29 is 13.9 Å². The number of fused-ring (bicyclic) bond motifs is 1. The Hall–Kier alpha value is -3.34. The number of benzene rings is 3. The quantitative estimate of drug-likeness (QED) is 0.265. The monoisotopic (exact) mass is 433 g/mol. The molecular formula is C24H13Cl2NO3. The summed E-state index contributed by atoms with van der Waals surface area (Å²) < 4.78 is 11.2. The highest BCUT2D eigenvalue weighted by atomic mass is 35.5. The van der Waals surface area contributed by atoms with Crippen LogP contribution in [0.15, 0.2) is 87.9 Å². The van der Waals surface area contributed by atoms with E-state index in [-0.39, 0.29) is 11.6 Å². The van der Waals surface area contributed by atoms with E-state index < -0.39 is 5.97 Å². The number of hydrogen-bond donors (Lipinski definition) is 0. The fraction of sp³-hybridized carbons (Fsp3) is 0. The first-order valence-corrected chi connectivity index (χ1v) is 9.89. The van der Waals surface area contributed by atoms with E-state index in [0.29, 0.717) is 27.1 Å². The Morgan fingerprint density at radius 1 is 0.867 bits per heavy atom. The molecule has 4 nitrogen and oxygen atoms in total. The first-order valence-electron chi connectivity index (χ1n) is 9.14. The van der Waals surface area contributed by atoms with Gasteiger partial charge in [-0.3, -0.25) is 0 Å². The molecule has 0 bridgehead atoms. The SMILES string of the molecule is O=C1OC(c2ccc3ccccc3c2)=N/C1=C\c1ccc(-c2ccc(Cl)cc2Cl)o1. The van der Waals surface area contributed by atoms with Crippen LogP contribution in [0, 0.1) is 0 Å². The van der Waals surface area contributed by atoms with Gasteiger partial charge in [-0.15, -0.1) is 0 Å².